The Bertz CT molecular complexity index is 572. The van der Waals surface area contributed by atoms with E-state index in [2.05, 4.69) is 10.3 Å². The van der Waals surface area contributed by atoms with E-state index in [1.807, 2.05) is 31.3 Å². The molecular weight excluding hydrogens is 240 g/mol. The number of carbonyl (C=O) groups excluding carboxylic acids is 1. The molecule has 1 amide bonds. The Labute approximate surface area is 112 Å². The van der Waals surface area contributed by atoms with E-state index < -0.39 is 5.60 Å². The van der Waals surface area contributed by atoms with Gasteiger partial charge in [0, 0.05) is 23.8 Å². The number of nitrogens with one attached hydrogen (secondary N) is 2. The monoisotopic (exact) mass is 260 g/mol. The van der Waals surface area contributed by atoms with Crippen molar-refractivity contribution in [2.45, 2.75) is 32.3 Å². The molecule has 2 rings (SSSR count). The third-order valence-electron chi connectivity index (χ3n) is 3.24. The van der Waals surface area contributed by atoms with Crippen LogP contribution in [0.4, 0.5) is 0 Å². The van der Waals surface area contributed by atoms with E-state index in [1.165, 1.54) is 0 Å². The fourth-order valence-corrected chi connectivity index (χ4v) is 2.19. The van der Waals surface area contributed by atoms with Gasteiger partial charge in [0.15, 0.2) is 0 Å². The lowest BCUT2D eigenvalue weighted by atomic mass is 10.0. The quantitative estimate of drug-likeness (QED) is 0.773. The molecule has 0 aliphatic carbocycles. The minimum absolute atomic E-state index is 0.159. The molecule has 1 aromatic carbocycles. The largest absolute Gasteiger partial charge is 0.388 e. The molecule has 0 spiro atoms. The normalized spacial score (nSPS) is 14.3. The summed E-state index contributed by atoms with van der Waals surface area (Å²) in [7, 11) is 0. The molecule has 0 fully saturated rings. The number of hydrogen-bond donors (Lipinski definition) is 3. The molecule has 3 N–H and O–H groups in total. The smallest absolute Gasteiger partial charge is 0.251 e. The van der Waals surface area contributed by atoms with Gasteiger partial charge in [-0.25, -0.2) is 0 Å². The maximum absolute atomic E-state index is 12.0. The summed E-state index contributed by atoms with van der Waals surface area (Å²) in [5.74, 6) is -0.159. The lowest BCUT2D eigenvalue weighted by Gasteiger charge is -2.22. The second-order valence-corrected chi connectivity index (χ2v) is 5.21. The second kappa shape index (κ2) is 5.45. The summed E-state index contributed by atoms with van der Waals surface area (Å²) in [5, 5.41) is 13.9. The molecule has 19 heavy (non-hydrogen) atoms. The number of hydrogen-bond acceptors (Lipinski definition) is 2. The number of rotatable bonds is 5. The number of carbonyl (C=O) groups is 1. The number of aromatic nitrogens is 1. The van der Waals surface area contributed by atoms with E-state index in [-0.39, 0.29) is 12.5 Å². The van der Waals surface area contributed by atoms with Crippen molar-refractivity contribution in [3.63, 3.8) is 0 Å². The van der Waals surface area contributed by atoms with Crippen LogP contribution >= 0.6 is 0 Å². The lowest BCUT2D eigenvalue weighted by Crippen LogP contribution is -2.40. The van der Waals surface area contributed by atoms with Crippen LogP contribution < -0.4 is 5.32 Å². The van der Waals surface area contributed by atoms with Gasteiger partial charge in [-0.2, -0.15) is 0 Å². The highest BCUT2D eigenvalue weighted by Gasteiger charge is 2.20. The molecule has 0 radical (unpaired) electrons. The van der Waals surface area contributed by atoms with Crippen LogP contribution in [0.15, 0.2) is 30.5 Å². The van der Waals surface area contributed by atoms with Gasteiger partial charge in [0.25, 0.3) is 5.91 Å². The molecule has 102 valence electrons. The highest BCUT2D eigenvalue weighted by molar-refractivity contribution is 5.97. The zero-order valence-electron chi connectivity index (χ0n) is 11.4. The van der Waals surface area contributed by atoms with Crippen LogP contribution in [0.25, 0.3) is 10.9 Å². The number of H-pyrrole nitrogens is 1. The van der Waals surface area contributed by atoms with Gasteiger partial charge in [0.1, 0.15) is 0 Å². The summed E-state index contributed by atoms with van der Waals surface area (Å²) < 4.78 is 0. The average molecular weight is 260 g/mol. The van der Waals surface area contributed by atoms with Crippen molar-refractivity contribution < 1.29 is 9.90 Å². The first-order valence-corrected chi connectivity index (χ1v) is 6.59. The third kappa shape index (κ3) is 3.35. The standard InChI is InChI=1S/C15H20N2O2/c1-3-7-15(2,19)10-17-14(18)12-5-4-11-6-8-16-13(11)9-12/h4-6,8-9,16,19H,3,7,10H2,1-2H3,(H,17,18). The average Bonchev–Trinajstić information content (AvgIpc) is 2.83. The number of aromatic amines is 1. The first kappa shape index (κ1) is 13.6. The first-order chi connectivity index (χ1) is 9.02. The fourth-order valence-electron chi connectivity index (χ4n) is 2.19. The summed E-state index contributed by atoms with van der Waals surface area (Å²) in [6.07, 6.45) is 3.40. The minimum Gasteiger partial charge on any atom is -0.388 e. The molecule has 1 aromatic heterocycles. The second-order valence-electron chi connectivity index (χ2n) is 5.21. The lowest BCUT2D eigenvalue weighted by molar-refractivity contribution is 0.0469. The highest BCUT2D eigenvalue weighted by Crippen LogP contribution is 2.15. The van der Waals surface area contributed by atoms with Gasteiger partial charge in [-0.05, 0) is 36.9 Å². The molecule has 0 aliphatic rings. The summed E-state index contributed by atoms with van der Waals surface area (Å²) in [6.45, 7) is 4.02. The van der Waals surface area contributed by atoms with Crippen LogP contribution in [0.5, 0.6) is 0 Å². The van der Waals surface area contributed by atoms with E-state index in [9.17, 15) is 9.90 Å². The topological polar surface area (TPSA) is 65.1 Å². The molecule has 0 bridgehead atoms. The molecule has 1 atom stereocenters. The summed E-state index contributed by atoms with van der Waals surface area (Å²) in [4.78, 5) is 15.1. The molecule has 0 aliphatic heterocycles. The molecule has 1 unspecified atom stereocenters. The van der Waals surface area contributed by atoms with Crippen molar-refractivity contribution in [3.05, 3.63) is 36.0 Å². The third-order valence-corrected chi connectivity index (χ3v) is 3.24. The predicted molar refractivity (Wildman–Crippen MR) is 76.2 cm³/mol. The van der Waals surface area contributed by atoms with Gasteiger partial charge in [0.05, 0.1) is 5.60 Å². The van der Waals surface area contributed by atoms with Gasteiger partial charge < -0.3 is 15.4 Å². The van der Waals surface area contributed by atoms with E-state index in [0.29, 0.717) is 12.0 Å². The zero-order valence-corrected chi connectivity index (χ0v) is 11.4. The van der Waals surface area contributed by atoms with E-state index >= 15 is 0 Å². The maximum Gasteiger partial charge on any atom is 0.251 e. The maximum atomic E-state index is 12.0. The van der Waals surface area contributed by atoms with Gasteiger partial charge in [-0.1, -0.05) is 19.4 Å². The number of fused-ring (bicyclic) bond motifs is 1. The van der Waals surface area contributed by atoms with Crippen molar-refractivity contribution in [2.75, 3.05) is 6.54 Å². The Morgan fingerprint density at radius 2 is 2.21 bits per heavy atom. The van der Waals surface area contributed by atoms with Crippen molar-refractivity contribution in [1.29, 1.82) is 0 Å². The number of aliphatic hydroxyl groups is 1. The first-order valence-electron chi connectivity index (χ1n) is 6.59. The molecule has 0 saturated heterocycles. The molecule has 0 saturated carbocycles. The van der Waals surface area contributed by atoms with Crippen LogP contribution in [0.3, 0.4) is 0 Å². The molecule has 1 heterocycles. The Hall–Kier alpha value is -1.81. The van der Waals surface area contributed by atoms with Crippen molar-refractivity contribution in [2.24, 2.45) is 0 Å². The summed E-state index contributed by atoms with van der Waals surface area (Å²) in [5.41, 5.74) is 0.691. The molecule has 4 heteroatoms. The van der Waals surface area contributed by atoms with E-state index in [0.717, 1.165) is 17.3 Å². The SMILES string of the molecule is CCCC(C)(O)CNC(=O)c1ccc2cc[nH]c2c1. The number of amides is 1. The highest BCUT2D eigenvalue weighted by atomic mass is 16.3. The van der Waals surface area contributed by atoms with E-state index in [4.69, 9.17) is 0 Å². The van der Waals surface area contributed by atoms with Crippen molar-refractivity contribution >= 4 is 16.8 Å². The van der Waals surface area contributed by atoms with Gasteiger partial charge >= 0.3 is 0 Å². The van der Waals surface area contributed by atoms with Crippen LogP contribution in [0.1, 0.15) is 37.0 Å². The van der Waals surface area contributed by atoms with Crippen LogP contribution in [0, 0.1) is 0 Å². The Balaban J connectivity index is 2.03. The van der Waals surface area contributed by atoms with Crippen LogP contribution in [0.2, 0.25) is 0 Å². The van der Waals surface area contributed by atoms with Crippen LogP contribution in [-0.4, -0.2) is 28.1 Å². The van der Waals surface area contributed by atoms with Gasteiger partial charge in [-0.3, -0.25) is 4.79 Å². The van der Waals surface area contributed by atoms with Gasteiger partial charge in [0.2, 0.25) is 0 Å². The summed E-state index contributed by atoms with van der Waals surface area (Å²) >= 11 is 0. The van der Waals surface area contributed by atoms with Crippen molar-refractivity contribution in [3.8, 4) is 0 Å². The molecule has 4 nitrogen and oxygen atoms in total. The Morgan fingerprint density at radius 1 is 1.42 bits per heavy atom. The minimum atomic E-state index is -0.846. The number of benzene rings is 1. The Kier molecular flexibility index (Phi) is 3.90. The Morgan fingerprint density at radius 3 is 2.95 bits per heavy atom. The van der Waals surface area contributed by atoms with E-state index in [1.54, 1.807) is 13.0 Å². The van der Waals surface area contributed by atoms with Crippen molar-refractivity contribution in [1.82, 2.24) is 10.3 Å². The summed E-state index contributed by atoms with van der Waals surface area (Å²) in [6, 6.07) is 7.48. The van der Waals surface area contributed by atoms with Gasteiger partial charge in [-0.15, -0.1) is 0 Å². The van der Waals surface area contributed by atoms with Crippen LogP contribution in [-0.2, 0) is 0 Å². The fraction of sp³-hybridized carbons (Fsp3) is 0.400. The molecule has 2 aromatic rings. The predicted octanol–water partition coefficient (Wildman–Crippen LogP) is 2.45. The molecular formula is C15H20N2O2. The zero-order chi connectivity index (χ0) is 13.9.